The third-order valence-electron chi connectivity index (χ3n) is 1.95. The zero-order valence-electron chi connectivity index (χ0n) is 10.2. The van der Waals surface area contributed by atoms with Crippen molar-refractivity contribution >= 4 is 29.2 Å². The first-order chi connectivity index (χ1) is 8.20. The summed E-state index contributed by atoms with van der Waals surface area (Å²) in [5.41, 5.74) is 0. The highest BCUT2D eigenvalue weighted by molar-refractivity contribution is 8.13. The van der Waals surface area contributed by atoms with Gasteiger partial charge >= 0.3 is 0 Å². The fourth-order valence-corrected chi connectivity index (χ4v) is 1.86. The lowest BCUT2D eigenvalue weighted by Crippen LogP contribution is -2.25. The molecule has 0 fully saturated rings. The summed E-state index contributed by atoms with van der Waals surface area (Å²) in [5, 5.41) is 5.34. The minimum atomic E-state index is 0.0377. The van der Waals surface area contributed by atoms with Crippen LogP contribution in [0.5, 0.6) is 0 Å². The van der Waals surface area contributed by atoms with Gasteiger partial charge in [-0.2, -0.15) is 0 Å². The lowest BCUT2D eigenvalue weighted by atomic mass is 10.3. The zero-order valence-corrected chi connectivity index (χ0v) is 11.0. The highest BCUT2D eigenvalue weighted by Gasteiger charge is 2.03. The molecule has 98 valence electrons. The monoisotopic (exact) mass is 260 g/mol. The average Bonchev–Trinajstić information content (AvgIpc) is 2.31. The Bertz CT molecular complexity index is 247. The molecule has 2 N–H and O–H groups in total. The summed E-state index contributed by atoms with van der Waals surface area (Å²) >= 11 is 1.22. The summed E-state index contributed by atoms with van der Waals surface area (Å²) in [7, 11) is 0. The predicted molar refractivity (Wildman–Crippen MR) is 68.7 cm³/mol. The van der Waals surface area contributed by atoms with Gasteiger partial charge in [0.25, 0.3) is 0 Å². The van der Waals surface area contributed by atoms with Crippen LogP contribution in [-0.2, 0) is 14.4 Å². The molecule has 0 heterocycles. The lowest BCUT2D eigenvalue weighted by Gasteiger charge is -2.03. The van der Waals surface area contributed by atoms with Crippen LogP contribution in [0.25, 0.3) is 0 Å². The Labute approximate surface area is 106 Å². The van der Waals surface area contributed by atoms with Crippen LogP contribution >= 0.6 is 11.8 Å². The van der Waals surface area contributed by atoms with Crippen molar-refractivity contribution in [1.29, 1.82) is 0 Å². The van der Waals surface area contributed by atoms with E-state index in [9.17, 15) is 14.4 Å². The smallest absolute Gasteiger partial charge is 0.220 e. The Morgan fingerprint density at radius 3 is 2.65 bits per heavy atom. The first-order valence-corrected chi connectivity index (χ1v) is 6.78. The molecule has 0 aromatic carbocycles. The molecule has 0 spiro atoms. The number of rotatable bonds is 10. The van der Waals surface area contributed by atoms with Gasteiger partial charge in [-0.25, -0.2) is 0 Å². The largest absolute Gasteiger partial charge is 0.359 e. The number of amides is 2. The van der Waals surface area contributed by atoms with Crippen LogP contribution in [0, 0.1) is 0 Å². The van der Waals surface area contributed by atoms with Crippen molar-refractivity contribution in [2.45, 2.75) is 32.6 Å². The van der Waals surface area contributed by atoms with Crippen LogP contribution in [0.2, 0.25) is 0 Å². The van der Waals surface area contributed by atoms with E-state index in [1.807, 2.05) is 6.92 Å². The molecule has 0 rings (SSSR count). The summed E-state index contributed by atoms with van der Waals surface area (Å²) in [4.78, 5) is 32.3. The normalized spacial score (nSPS) is 9.71. The topological polar surface area (TPSA) is 75.3 Å². The fourth-order valence-electron chi connectivity index (χ4n) is 1.14. The number of hydrogen-bond acceptors (Lipinski definition) is 4. The van der Waals surface area contributed by atoms with E-state index in [1.165, 1.54) is 11.8 Å². The van der Waals surface area contributed by atoms with Gasteiger partial charge in [-0.05, 0) is 12.8 Å². The maximum Gasteiger partial charge on any atom is 0.220 e. The first kappa shape index (κ1) is 16.0. The molecule has 6 heteroatoms. The fraction of sp³-hybridized carbons (Fsp3) is 0.727. The summed E-state index contributed by atoms with van der Waals surface area (Å²) in [6, 6.07) is 0. The molecule has 0 unspecified atom stereocenters. The third-order valence-corrected chi connectivity index (χ3v) is 2.88. The van der Waals surface area contributed by atoms with Gasteiger partial charge in [-0.3, -0.25) is 14.4 Å². The van der Waals surface area contributed by atoms with Gasteiger partial charge < -0.3 is 10.6 Å². The van der Waals surface area contributed by atoms with Gasteiger partial charge in [-0.1, -0.05) is 18.7 Å². The molecule has 0 saturated carbocycles. The van der Waals surface area contributed by atoms with Gasteiger partial charge in [0.15, 0.2) is 5.12 Å². The third kappa shape index (κ3) is 11.2. The standard InChI is InChI=1S/C11H20N2O3S/c1-2-4-10(15)13-7-8-17-11(16)5-3-6-12-9-14/h9H,2-8H2,1H3,(H,12,14)(H,13,15). The van der Waals surface area contributed by atoms with E-state index >= 15 is 0 Å². The van der Waals surface area contributed by atoms with Crippen LogP contribution < -0.4 is 10.6 Å². The van der Waals surface area contributed by atoms with Crippen molar-refractivity contribution in [3.63, 3.8) is 0 Å². The highest BCUT2D eigenvalue weighted by Crippen LogP contribution is 2.06. The van der Waals surface area contributed by atoms with Crippen molar-refractivity contribution in [3.05, 3.63) is 0 Å². The molecule has 0 aliphatic heterocycles. The Kier molecular flexibility index (Phi) is 10.7. The van der Waals surface area contributed by atoms with Crippen LogP contribution in [0.3, 0.4) is 0 Å². The number of carbonyl (C=O) groups is 3. The quantitative estimate of drug-likeness (QED) is 0.447. The first-order valence-electron chi connectivity index (χ1n) is 5.80. The lowest BCUT2D eigenvalue weighted by molar-refractivity contribution is -0.121. The van der Waals surface area contributed by atoms with E-state index in [-0.39, 0.29) is 11.0 Å². The summed E-state index contributed by atoms with van der Waals surface area (Å²) < 4.78 is 0. The molecule has 0 aliphatic rings. The average molecular weight is 260 g/mol. The van der Waals surface area contributed by atoms with Gasteiger partial charge in [0.1, 0.15) is 0 Å². The number of carbonyl (C=O) groups excluding carboxylic acids is 3. The second-order valence-corrected chi connectivity index (χ2v) is 4.65. The molecule has 0 saturated heterocycles. The highest BCUT2D eigenvalue weighted by atomic mass is 32.2. The molecule has 0 bridgehead atoms. The maximum absolute atomic E-state index is 11.3. The second-order valence-electron chi connectivity index (χ2n) is 3.50. The Balaban J connectivity index is 3.32. The number of nitrogens with one attached hydrogen (secondary N) is 2. The second kappa shape index (κ2) is 11.4. The number of thioether (sulfide) groups is 1. The molecule has 0 aromatic rings. The Morgan fingerprint density at radius 2 is 2.00 bits per heavy atom. The van der Waals surface area contributed by atoms with Crippen molar-refractivity contribution in [2.24, 2.45) is 0 Å². The van der Waals surface area contributed by atoms with Crippen LogP contribution in [-0.4, -0.2) is 36.3 Å². The molecule has 0 atom stereocenters. The zero-order chi connectivity index (χ0) is 12.9. The minimum absolute atomic E-state index is 0.0377. The van der Waals surface area contributed by atoms with E-state index in [0.717, 1.165) is 6.42 Å². The van der Waals surface area contributed by atoms with E-state index in [0.29, 0.717) is 44.5 Å². The molecular weight excluding hydrogens is 240 g/mol. The van der Waals surface area contributed by atoms with Gasteiger partial charge in [-0.15, -0.1) is 0 Å². The maximum atomic E-state index is 11.3. The molecule has 0 radical (unpaired) electrons. The van der Waals surface area contributed by atoms with Gasteiger partial charge in [0.2, 0.25) is 12.3 Å². The number of hydrogen-bond donors (Lipinski definition) is 2. The van der Waals surface area contributed by atoms with Crippen molar-refractivity contribution in [2.75, 3.05) is 18.8 Å². The summed E-state index contributed by atoms with van der Waals surface area (Å²) in [6.07, 6.45) is 3.11. The Hall–Kier alpha value is -1.04. The molecule has 5 nitrogen and oxygen atoms in total. The van der Waals surface area contributed by atoms with Crippen molar-refractivity contribution in [1.82, 2.24) is 10.6 Å². The summed E-state index contributed by atoms with van der Waals surface area (Å²) in [5.74, 6) is 0.644. The van der Waals surface area contributed by atoms with Crippen LogP contribution in [0.1, 0.15) is 32.6 Å². The van der Waals surface area contributed by atoms with E-state index in [2.05, 4.69) is 10.6 Å². The molecule has 0 aliphatic carbocycles. The molecule has 17 heavy (non-hydrogen) atoms. The van der Waals surface area contributed by atoms with Gasteiger partial charge in [0.05, 0.1) is 0 Å². The summed E-state index contributed by atoms with van der Waals surface area (Å²) in [6.45, 7) is 3.01. The molecule has 0 aromatic heterocycles. The van der Waals surface area contributed by atoms with E-state index < -0.39 is 0 Å². The van der Waals surface area contributed by atoms with Crippen LogP contribution in [0.15, 0.2) is 0 Å². The van der Waals surface area contributed by atoms with Gasteiger partial charge in [0, 0.05) is 31.7 Å². The Morgan fingerprint density at radius 1 is 1.24 bits per heavy atom. The molecule has 2 amide bonds. The minimum Gasteiger partial charge on any atom is -0.359 e. The van der Waals surface area contributed by atoms with E-state index in [1.54, 1.807) is 0 Å². The van der Waals surface area contributed by atoms with Crippen molar-refractivity contribution < 1.29 is 14.4 Å². The predicted octanol–water partition coefficient (Wildman–Crippen LogP) is 0.689. The van der Waals surface area contributed by atoms with Crippen molar-refractivity contribution in [3.8, 4) is 0 Å². The SMILES string of the molecule is CCCC(=O)NCCSC(=O)CCCNC=O. The van der Waals surface area contributed by atoms with Crippen LogP contribution in [0.4, 0.5) is 0 Å². The molecular formula is C11H20N2O3S. The van der Waals surface area contributed by atoms with E-state index in [4.69, 9.17) is 0 Å².